The van der Waals surface area contributed by atoms with Gasteiger partial charge in [0, 0.05) is 18.0 Å². The van der Waals surface area contributed by atoms with Gasteiger partial charge in [0.05, 0.1) is 10.6 Å². The van der Waals surface area contributed by atoms with E-state index in [1.54, 1.807) is 13.0 Å². The Kier molecular flexibility index (Phi) is 4.94. The van der Waals surface area contributed by atoms with Gasteiger partial charge in [0.15, 0.2) is 9.84 Å². The van der Waals surface area contributed by atoms with Crippen LogP contribution in [0.25, 0.3) is 0 Å². The minimum absolute atomic E-state index is 0.00773. The molecule has 1 rings (SSSR count). The molecule has 0 atom stereocenters. The molecule has 1 aromatic rings. The fourth-order valence-corrected chi connectivity index (χ4v) is 3.24. The molecule has 0 aliphatic carbocycles. The van der Waals surface area contributed by atoms with Crippen LogP contribution >= 0.6 is 0 Å². The Labute approximate surface area is 114 Å². The summed E-state index contributed by atoms with van der Waals surface area (Å²) < 4.78 is 48.6. The van der Waals surface area contributed by atoms with Crippen molar-refractivity contribution in [1.82, 2.24) is 4.72 Å². The lowest BCUT2D eigenvalue weighted by atomic mass is 10.2. The molecular formula is C11H18N2O4S2. The highest BCUT2D eigenvalue weighted by molar-refractivity contribution is 7.91. The van der Waals surface area contributed by atoms with Gasteiger partial charge in [-0.15, -0.1) is 0 Å². The van der Waals surface area contributed by atoms with Crippen molar-refractivity contribution in [2.75, 3.05) is 23.8 Å². The van der Waals surface area contributed by atoms with Crippen LogP contribution < -0.4 is 10.5 Å². The summed E-state index contributed by atoms with van der Waals surface area (Å²) in [6.45, 7) is 3.14. The SMILES string of the molecule is CCS(=O)(=O)CCNS(=O)(=O)c1ccc(C)c(N)c1. The molecule has 0 aromatic heterocycles. The molecule has 0 saturated heterocycles. The summed E-state index contributed by atoms with van der Waals surface area (Å²) in [5.41, 5.74) is 6.81. The van der Waals surface area contributed by atoms with E-state index in [0.717, 1.165) is 5.56 Å². The van der Waals surface area contributed by atoms with E-state index < -0.39 is 19.9 Å². The van der Waals surface area contributed by atoms with Gasteiger partial charge in [-0.3, -0.25) is 0 Å². The summed E-state index contributed by atoms with van der Waals surface area (Å²) in [5, 5.41) is 0. The molecule has 0 aliphatic heterocycles. The Bertz CT molecular complexity index is 651. The minimum Gasteiger partial charge on any atom is -0.398 e. The number of sulfonamides is 1. The fraction of sp³-hybridized carbons (Fsp3) is 0.455. The third-order valence-electron chi connectivity index (χ3n) is 2.71. The van der Waals surface area contributed by atoms with E-state index in [9.17, 15) is 16.8 Å². The van der Waals surface area contributed by atoms with Crippen LogP contribution in [0, 0.1) is 6.92 Å². The summed E-state index contributed by atoms with van der Waals surface area (Å²) in [5.74, 6) is -0.226. The van der Waals surface area contributed by atoms with Crippen molar-refractivity contribution in [3.63, 3.8) is 0 Å². The molecule has 0 spiro atoms. The largest absolute Gasteiger partial charge is 0.398 e. The van der Waals surface area contributed by atoms with Crippen molar-refractivity contribution < 1.29 is 16.8 Å². The van der Waals surface area contributed by atoms with Gasteiger partial charge in [0.25, 0.3) is 0 Å². The molecule has 108 valence electrons. The van der Waals surface area contributed by atoms with E-state index in [2.05, 4.69) is 4.72 Å². The standard InChI is InChI=1S/C11H18N2O4S2/c1-3-18(14,15)7-6-13-19(16,17)10-5-4-9(2)11(12)8-10/h4-5,8,13H,3,6-7,12H2,1-2H3. The lowest BCUT2D eigenvalue weighted by Gasteiger charge is -2.08. The van der Waals surface area contributed by atoms with Gasteiger partial charge in [-0.25, -0.2) is 21.6 Å². The molecule has 3 N–H and O–H groups in total. The first-order valence-corrected chi connectivity index (χ1v) is 9.04. The first kappa shape index (κ1) is 15.9. The normalized spacial score (nSPS) is 12.5. The minimum atomic E-state index is -3.72. The predicted octanol–water partition coefficient (Wildman–Crippen LogP) is 0.290. The Morgan fingerprint density at radius 3 is 2.37 bits per heavy atom. The molecule has 0 heterocycles. The number of anilines is 1. The van der Waals surface area contributed by atoms with E-state index in [1.807, 2.05) is 0 Å². The number of nitrogen functional groups attached to an aromatic ring is 1. The topological polar surface area (TPSA) is 106 Å². The first-order valence-electron chi connectivity index (χ1n) is 5.74. The van der Waals surface area contributed by atoms with Gasteiger partial charge >= 0.3 is 0 Å². The third kappa shape index (κ3) is 4.48. The monoisotopic (exact) mass is 306 g/mol. The number of nitrogens with one attached hydrogen (secondary N) is 1. The van der Waals surface area contributed by atoms with E-state index in [-0.39, 0.29) is 22.9 Å². The molecule has 0 saturated carbocycles. The van der Waals surface area contributed by atoms with Crippen molar-refractivity contribution in [2.45, 2.75) is 18.7 Å². The van der Waals surface area contributed by atoms with Crippen molar-refractivity contribution >= 4 is 25.5 Å². The van der Waals surface area contributed by atoms with Crippen LogP contribution in [0.1, 0.15) is 12.5 Å². The van der Waals surface area contributed by atoms with Crippen molar-refractivity contribution in [3.05, 3.63) is 23.8 Å². The number of hydrogen-bond donors (Lipinski definition) is 2. The average Bonchev–Trinajstić information content (AvgIpc) is 2.32. The number of sulfone groups is 1. The first-order chi connectivity index (χ1) is 8.68. The van der Waals surface area contributed by atoms with Crippen LogP contribution in [-0.2, 0) is 19.9 Å². The van der Waals surface area contributed by atoms with Crippen LogP contribution in [0.5, 0.6) is 0 Å². The van der Waals surface area contributed by atoms with E-state index in [4.69, 9.17) is 5.73 Å². The Morgan fingerprint density at radius 1 is 1.21 bits per heavy atom. The summed E-state index contributed by atoms with van der Waals surface area (Å²) in [4.78, 5) is 0.0319. The number of benzene rings is 1. The Morgan fingerprint density at radius 2 is 1.84 bits per heavy atom. The lowest BCUT2D eigenvalue weighted by Crippen LogP contribution is -2.29. The average molecular weight is 306 g/mol. The fourth-order valence-electron chi connectivity index (χ4n) is 1.34. The molecule has 0 amide bonds. The van der Waals surface area contributed by atoms with Crippen molar-refractivity contribution in [3.8, 4) is 0 Å². The molecule has 6 nitrogen and oxygen atoms in total. The molecule has 0 aliphatic rings. The van der Waals surface area contributed by atoms with Crippen molar-refractivity contribution in [1.29, 1.82) is 0 Å². The zero-order valence-electron chi connectivity index (χ0n) is 10.9. The quantitative estimate of drug-likeness (QED) is 0.735. The summed E-state index contributed by atoms with van der Waals surface area (Å²) in [6, 6.07) is 4.39. The third-order valence-corrected chi connectivity index (χ3v) is 5.87. The zero-order chi connectivity index (χ0) is 14.7. The van der Waals surface area contributed by atoms with Crippen LogP contribution in [0.2, 0.25) is 0 Å². The second kappa shape index (κ2) is 5.89. The molecule has 19 heavy (non-hydrogen) atoms. The number of hydrogen-bond acceptors (Lipinski definition) is 5. The molecule has 0 fully saturated rings. The maximum atomic E-state index is 11.9. The highest BCUT2D eigenvalue weighted by Crippen LogP contribution is 2.16. The highest BCUT2D eigenvalue weighted by Gasteiger charge is 2.16. The Balaban J connectivity index is 2.79. The van der Waals surface area contributed by atoms with Gasteiger partial charge in [-0.2, -0.15) is 0 Å². The number of nitrogens with two attached hydrogens (primary N) is 1. The zero-order valence-corrected chi connectivity index (χ0v) is 12.5. The summed E-state index contributed by atoms with van der Waals surface area (Å²) >= 11 is 0. The smallest absolute Gasteiger partial charge is 0.240 e. The summed E-state index contributed by atoms with van der Waals surface area (Å²) in [6.07, 6.45) is 0. The van der Waals surface area contributed by atoms with Crippen LogP contribution in [0.3, 0.4) is 0 Å². The number of rotatable bonds is 6. The highest BCUT2D eigenvalue weighted by atomic mass is 32.2. The van der Waals surface area contributed by atoms with E-state index in [1.165, 1.54) is 19.1 Å². The molecule has 1 aromatic carbocycles. The Hall–Kier alpha value is -1.12. The molecule has 0 bridgehead atoms. The molecule has 8 heteroatoms. The predicted molar refractivity (Wildman–Crippen MR) is 75.1 cm³/mol. The lowest BCUT2D eigenvalue weighted by molar-refractivity contribution is 0.581. The van der Waals surface area contributed by atoms with Gasteiger partial charge in [-0.1, -0.05) is 13.0 Å². The maximum Gasteiger partial charge on any atom is 0.240 e. The van der Waals surface area contributed by atoms with Gasteiger partial charge in [0.1, 0.15) is 0 Å². The van der Waals surface area contributed by atoms with Gasteiger partial charge in [0.2, 0.25) is 10.0 Å². The van der Waals surface area contributed by atoms with Gasteiger partial charge < -0.3 is 5.73 Å². The summed E-state index contributed by atoms with van der Waals surface area (Å²) in [7, 11) is -6.92. The molecule has 0 unspecified atom stereocenters. The second-order valence-electron chi connectivity index (χ2n) is 4.15. The van der Waals surface area contributed by atoms with E-state index in [0.29, 0.717) is 5.69 Å². The van der Waals surface area contributed by atoms with E-state index >= 15 is 0 Å². The van der Waals surface area contributed by atoms with Crippen molar-refractivity contribution in [2.24, 2.45) is 0 Å². The van der Waals surface area contributed by atoms with Crippen LogP contribution in [-0.4, -0.2) is 34.9 Å². The molecule has 0 radical (unpaired) electrons. The van der Waals surface area contributed by atoms with Gasteiger partial charge in [-0.05, 0) is 24.6 Å². The van der Waals surface area contributed by atoms with Crippen LogP contribution in [0.4, 0.5) is 5.69 Å². The second-order valence-corrected chi connectivity index (χ2v) is 8.39. The van der Waals surface area contributed by atoms with Crippen LogP contribution in [0.15, 0.2) is 23.1 Å². The maximum absolute atomic E-state index is 11.9. The number of aryl methyl sites for hydroxylation is 1. The molecular weight excluding hydrogens is 288 g/mol.